The van der Waals surface area contributed by atoms with Crippen molar-refractivity contribution in [2.45, 2.75) is 47.7 Å². The van der Waals surface area contributed by atoms with Crippen LogP contribution < -0.4 is 10.1 Å². The molecule has 0 fully saturated rings. The van der Waals surface area contributed by atoms with E-state index in [-0.39, 0.29) is 15.2 Å². The lowest BCUT2D eigenvalue weighted by Gasteiger charge is -2.14. The Morgan fingerprint density at radius 2 is 1.92 bits per heavy atom. The van der Waals surface area contributed by atoms with E-state index in [0.29, 0.717) is 40.9 Å². The third kappa shape index (κ3) is 7.86. The first-order valence-corrected chi connectivity index (χ1v) is 14.8. The van der Waals surface area contributed by atoms with Crippen LogP contribution in [-0.4, -0.2) is 50.2 Å². The lowest BCUT2D eigenvalue weighted by molar-refractivity contribution is -0.139. The summed E-state index contributed by atoms with van der Waals surface area (Å²) in [6, 6.07) is 8.84. The summed E-state index contributed by atoms with van der Waals surface area (Å²) >= 11 is 2.64. The zero-order valence-corrected chi connectivity index (χ0v) is 23.0. The van der Waals surface area contributed by atoms with Gasteiger partial charge in [0.15, 0.2) is 16.4 Å². The van der Waals surface area contributed by atoms with Crippen LogP contribution in [0.2, 0.25) is 0 Å². The molecule has 1 atom stereocenters. The summed E-state index contributed by atoms with van der Waals surface area (Å²) in [5.41, 5.74) is 0.403. The first kappa shape index (κ1) is 29.3. The number of aliphatic carboxylic acids is 1. The molecule has 0 saturated heterocycles. The van der Waals surface area contributed by atoms with Crippen molar-refractivity contribution in [3.05, 3.63) is 53.1 Å². The maximum Gasteiger partial charge on any atom is 0.416 e. The number of sulfone groups is 1. The second kappa shape index (κ2) is 12.1. The molecule has 1 aromatic heterocycles. The summed E-state index contributed by atoms with van der Waals surface area (Å²) in [4.78, 5) is 11.7. The number of benzene rings is 2. The number of carbonyl (C=O) groups is 1. The van der Waals surface area contributed by atoms with Crippen molar-refractivity contribution in [1.29, 1.82) is 0 Å². The van der Waals surface area contributed by atoms with Crippen molar-refractivity contribution in [1.82, 2.24) is 5.32 Å². The summed E-state index contributed by atoms with van der Waals surface area (Å²) in [5.74, 6) is -0.615. The molecule has 1 heterocycles. The molecule has 3 aromatic rings. The molecule has 0 bridgehead atoms. The molecule has 3 rings (SSSR count). The maximum atomic E-state index is 13.0. The third-order valence-electron chi connectivity index (χ3n) is 5.54. The zero-order valence-electron chi connectivity index (χ0n) is 20.5. The molecule has 0 radical (unpaired) electrons. The van der Waals surface area contributed by atoms with Gasteiger partial charge < -0.3 is 15.2 Å². The molecule has 2 aromatic carbocycles. The maximum absolute atomic E-state index is 13.0. The average Bonchev–Trinajstić information content (AvgIpc) is 3.14. The minimum atomic E-state index is -4.48. The summed E-state index contributed by atoms with van der Waals surface area (Å²) in [6.07, 6.45) is -4.11. The lowest BCUT2D eigenvalue weighted by atomic mass is 10.1. The number of hydrogen-bond donors (Lipinski definition) is 2. The van der Waals surface area contributed by atoms with E-state index in [1.54, 1.807) is 24.8 Å². The predicted octanol–water partition coefficient (Wildman–Crippen LogP) is 5.93. The standard InChI is InChI=1S/C25H28F3NO5S3/c1-15-11-19(6-7-21(15)34-14-23(30)31)35-16(2)13-29-9-4-10-37(32,33)24-17(3)20-12-18(25(26,27)28)5-8-22(20)36-24/h5-8,11-12,16,29H,4,9-10,13-14H2,1-3H3,(H,30,31)/t16-/m1/s1. The van der Waals surface area contributed by atoms with Crippen LogP contribution in [0, 0.1) is 13.8 Å². The van der Waals surface area contributed by atoms with Crippen LogP contribution >= 0.6 is 23.1 Å². The fraction of sp³-hybridized carbons (Fsp3) is 0.400. The zero-order chi connectivity index (χ0) is 27.4. The molecule has 202 valence electrons. The van der Waals surface area contributed by atoms with Crippen molar-refractivity contribution < 1.29 is 36.2 Å². The minimum Gasteiger partial charge on any atom is -0.482 e. The fourth-order valence-corrected chi connectivity index (χ4v) is 8.02. The number of ether oxygens (including phenoxy) is 1. The Balaban J connectivity index is 1.49. The van der Waals surface area contributed by atoms with E-state index in [2.05, 4.69) is 5.32 Å². The van der Waals surface area contributed by atoms with Crippen LogP contribution in [0.1, 0.15) is 30.0 Å². The van der Waals surface area contributed by atoms with Crippen molar-refractivity contribution in [2.24, 2.45) is 0 Å². The predicted molar refractivity (Wildman–Crippen MR) is 141 cm³/mol. The fourth-order valence-electron chi connectivity index (χ4n) is 3.73. The van der Waals surface area contributed by atoms with E-state index in [9.17, 15) is 26.4 Å². The van der Waals surface area contributed by atoms with Gasteiger partial charge in [-0.15, -0.1) is 23.1 Å². The van der Waals surface area contributed by atoms with Gasteiger partial charge in [0.05, 0.1) is 11.3 Å². The largest absolute Gasteiger partial charge is 0.482 e. The van der Waals surface area contributed by atoms with Crippen molar-refractivity contribution in [3.8, 4) is 5.75 Å². The Morgan fingerprint density at radius 3 is 2.57 bits per heavy atom. The SMILES string of the molecule is Cc1cc(S[C@H](C)CNCCCS(=O)(=O)c2sc3ccc(C(F)(F)F)cc3c2C)ccc1OCC(=O)O. The van der Waals surface area contributed by atoms with E-state index < -0.39 is 34.2 Å². The Kier molecular flexibility index (Phi) is 9.54. The third-order valence-corrected chi connectivity index (χ3v) is 10.4. The minimum absolute atomic E-state index is 0.0989. The summed E-state index contributed by atoms with van der Waals surface area (Å²) in [5, 5.41) is 12.5. The summed E-state index contributed by atoms with van der Waals surface area (Å²) in [7, 11) is -3.63. The van der Waals surface area contributed by atoms with Crippen molar-refractivity contribution in [3.63, 3.8) is 0 Å². The molecule has 37 heavy (non-hydrogen) atoms. The number of thiophene rings is 1. The highest BCUT2D eigenvalue weighted by Crippen LogP contribution is 2.38. The van der Waals surface area contributed by atoms with E-state index in [1.165, 1.54) is 6.07 Å². The van der Waals surface area contributed by atoms with Crippen LogP contribution in [0.3, 0.4) is 0 Å². The molecular formula is C25H28F3NO5S3. The molecule has 2 N–H and O–H groups in total. The first-order valence-electron chi connectivity index (χ1n) is 11.4. The average molecular weight is 576 g/mol. The van der Waals surface area contributed by atoms with Crippen LogP contribution in [0.5, 0.6) is 5.75 Å². The molecule has 12 heteroatoms. The molecule has 0 aliphatic heterocycles. The molecule has 0 saturated carbocycles. The Bertz CT molecular complexity index is 1370. The number of halogens is 3. The van der Waals surface area contributed by atoms with E-state index >= 15 is 0 Å². The van der Waals surface area contributed by atoms with Gasteiger partial charge in [-0.2, -0.15) is 13.2 Å². The second-order valence-corrected chi connectivity index (χ2v) is 13.5. The summed E-state index contributed by atoms with van der Waals surface area (Å²) < 4.78 is 70.8. The number of aryl methyl sites for hydroxylation is 2. The Hall–Kier alpha value is -2.28. The van der Waals surface area contributed by atoms with Gasteiger partial charge >= 0.3 is 12.1 Å². The van der Waals surface area contributed by atoms with Gasteiger partial charge in [0.25, 0.3) is 0 Å². The smallest absolute Gasteiger partial charge is 0.416 e. The number of carboxylic acid groups (broad SMARTS) is 1. The number of thioether (sulfide) groups is 1. The molecule has 0 aliphatic rings. The number of rotatable bonds is 12. The summed E-state index contributed by atoms with van der Waals surface area (Å²) in [6.45, 7) is 6.16. The molecule has 0 spiro atoms. The topological polar surface area (TPSA) is 92.7 Å². The molecule has 6 nitrogen and oxygen atoms in total. The number of alkyl halides is 3. The highest BCUT2D eigenvalue weighted by molar-refractivity contribution is 8.00. The first-order chi connectivity index (χ1) is 17.3. The van der Waals surface area contributed by atoms with Gasteiger partial charge in [0, 0.05) is 21.4 Å². The quantitative estimate of drug-likeness (QED) is 0.204. The normalized spacial score (nSPS) is 13.1. The molecule has 0 amide bonds. The number of hydrogen-bond acceptors (Lipinski definition) is 7. The van der Waals surface area contributed by atoms with E-state index in [0.717, 1.165) is 33.9 Å². The van der Waals surface area contributed by atoms with Gasteiger partial charge in [0.2, 0.25) is 0 Å². The van der Waals surface area contributed by atoms with Gasteiger partial charge in [-0.05, 0) is 79.7 Å². The van der Waals surface area contributed by atoms with Crippen molar-refractivity contribution >= 4 is 49.0 Å². The van der Waals surface area contributed by atoms with Gasteiger partial charge in [-0.1, -0.05) is 6.92 Å². The number of fused-ring (bicyclic) bond motifs is 1. The molecular weight excluding hydrogens is 547 g/mol. The van der Waals surface area contributed by atoms with Crippen LogP contribution in [0.4, 0.5) is 13.2 Å². The van der Waals surface area contributed by atoms with Crippen LogP contribution in [0.15, 0.2) is 45.5 Å². The van der Waals surface area contributed by atoms with Gasteiger partial charge in [-0.25, -0.2) is 13.2 Å². The highest BCUT2D eigenvalue weighted by Gasteiger charge is 2.31. The van der Waals surface area contributed by atoms with Gasteiger partial charge in [-0.3, -0.25) is 0 Å². The molecule has 0 unspecified atom stereocenters. The van der Waals surface area contributed by atoms with Gasteiger partial charge in [0.1, 0.15) is 9.96 Å². The Morgan fingerprint density at radius 1 is 1.19 bits per heavy atom. The second-order valence-electron chi connectivity index (χ2n) is 8.64. The van der Waals surface area contributed by atoms with Crippen LogP contribution in [0.25, 0.3) is 10.1 Å². The highest BCUT2D eigenvalue weighted by atomic mass is 32.2. The number of carboxylic acids is 1. The van der Waals surface area contributed by atoms with E-state index in [1.807, 2.05) is 26.0 Å². The number of nitrogens with one attached hydrogen (secondary N) is 1. The van der Waals surface area contributed by atoms with Crippen LogP contribution in [-0.2, 0) is 20.8 Å². The van der Waals surface area contributed by atoms with E-state index in [4.69, 9.17) is 9.84 Å². The van der Waals surface area contributed by atoms with Crippen molar-refractivity contribution in [2.75, 3.05) is 25.4 Å². The lowest BCUT2D eigenvalue weighted by Crippen LogP contribution is -2.25. The Labute approximate surface area is 222 Å². The monoisotopic (exact) mass is 575 g/mol. The molecule has 0 aliphatic carbocycles.